The molecule has 38 heavy (non-hydrogen) atoms. The van der Waals surface area contributed by atoms with E-state index in [4.69, 9.17) is 4.74 Å². The second kappa shape index (κ2) is 10.9. The van der Waals surface area contributed by atoms with Gasteiger partial charge in [-0.1, -0.05) is 42.5 Å². The minimum Gasteiger partial charge on any atom is -0.550 e. The van der Waals surface area contributed by atoms with Crippen molar-refractivity contribution in [1.82, 2.24) is 10.3 Å². The van der Waals surface area contributed by atoms with Crippen LogP contribution in [0.15, 0.2) is 79.0 Å². The number of pyridine rings is 1. The van der Waals surface area contributed by atoms with Gasteiger partial charge in [0.15, 0.2) is 0 Å². The maximum Gasteiger partial charge on any atom is 1.00 e. The van der Waals surface area contributed by atoms with E-state index in [0.29, 0.717) is 11.3 Å². The molecule has 10 heteroatoms. The predicted molar refractivity (Wildman–Crippen MR) is 132 cm³/mol. The maximum atomic E-state index is 14.9. The molecule has 2 heterocycles. The van der Waals surface area contributed by atoms with Crippen molar-refractivity contribution in [2.45, 2.75) is 18.4 Å². The Bertz CT molecular complexity index is 1560. The van der Waals surface area contributed by atoms with Gasteiger partial charge in [-0.2, -0.15) is 0 Å². The third-order valence-electron chi connectivity index (χ3n) is 6.46. The van der Waals surface area contributed by atoms with Crippen LogP contribution in [0.2, 0.25) is 0 Å². The van der Waals surface area contributed by atoms with Crippen molar-refractivity contribution in [1.29, 1.82) is 0 Å². The zero-order valence-corrected chi connectivity index (χ0v) is 22.7. The number of hydrogen-bond donors (Lipinski definition) is 1. The van der Waals surface area contributed by atoms with Crippen molar-refractivity contribution < 1.29 is 58.2 Å². The summed E-state index contributed by atoms with van der Waals surface area (Å²) in [5.74, 6) is -3.07. The summed E-state index contributed by atoms with van der Waals surface area (Å²) in [6, 6.07) is 19.3. The fourth-order valence-corrected chi connectivity index (χ4v) is 4.65. The Morgan fingerprint density at radius 2 is 1.74 bits per heavy atom. The van der Waals surface area contributed by atoms with Crippen LogP contribution >= 0.6 is 0 Å². The second-order valence-electron chi connectivity index (χ2n) is 8.62. The number of carboxylic acids is 1. The molecule has 1 aliphatic rings. The molecule has 0 radical (unpaired) electrons. The van der Waals surface area contributed by atoms with Gasteiger partial charge in [-0.05, 0) is 42.5 Å². The van der Waals surface area contributed by atoms with E-state index < -0.39 is 35.6 Å². The van der Waals surface area contributed by atoms with E-state index in [1.807, 2.05) is 24.3 Å². The molecule has 2 amide bonds. The molecule has 0 spiro atoms. The van der Waals surface area contributed by atoms with Gasteiger partial charge in [-0.25, -0.2) is 4.39 Å². The van der Waals surface area contributed by atoms with Gasteiger partial charge in [-0.15, -0.1) is 0 Å². The summed E-state index contributed by atoms with van der Waals surface area (Å²) in [6.45, 7) is 0. The molecule has 186 valence electrons. The SMILES string of the molecule is COc1ccc2c(c1)N(c1ccccc1F)C(=O)C2(CCC(=O)[O-])NC(=O)c1cc2ccccc2cn1.[Na+]. The number of benzene rings is 3. The van der Waals surface area contributed by atoms with Crippen LogP contribution in [-0.4, -0.2) is 29.9 Å². The molecule has 4 aromatic rings. The summed E-state index contributed by atoms with van der Waals surface area (Å²) in [5.41, 5.74) is -1.26. The minimum atomic E-state index is -1.83. The quantitative estimate of drug-likeness (QED) is 0.349. The van der Waals surface area contributed by atoms with Crippen molar-refractivity contribution in [3.63, 3.8) is 0 Å². The molecule has 8 nitrogen and oxygen atoms in total. The fourth-order valence-electron chi connectivity index (χ4n) is 4.65. The van der Waals surface area contributed by atoms with Gasteiger partial charge in [0.25, 0.3) is 11.8 Å². The van der Waals surface area contributed by atoms with Crippen molar-refractivity contribution >= 4 is 39.9 Å². The standard InChI is InChI=1S/C28H22FN3O5.Na/c1-37-19-10-11-20-24(15-19)32(23-9-5-4-8-21(23)29)27(36)28(20,13-12-25(33)34)31-26(35)22-14-17-6-2-3-7-18(17)16-30-22;/h2-11,14-16H,12-13H2,1H3,(H,31,35)(H,33,34);/q;+1/p-1. The molecule has 0 saturated heterocycles. The number of aliphatic carboxylic acids is 1. The Morgan fingerprint density at radius 3 is 2.45 bits per heavy atom. The first kappa shape index (κ1) is 27.3. The van der Waals surface area contributed by atoms with E-state index in [0.717, 1.165) is 15.7 Å². The van der Waals surface area contributed by atoms with Crippen LogP contribution in [-0.2, 0) is 15.1 Å². The Morgan fingerprint density at radius 1 is 1.03 bits per heavy atom. The number of nitrogens with one attached hydrogen (secondary N) is 1. The Kier molecular flexibility index (Phi) is 7.82. The number of fused-ring (bicyclic) bond motifs is 2. The van der Waals surface area contributed by atoms with E-state index in [-0.39, 0.29) is 53.0 Å². The van der Waals surface area contributed by atoms with Gasteiger partial charge < -0.3 is 20.0 Å². The zero-order valence-electron chi connectivity index (χ0n) is 20.7. The molecule has 1 N–H and O–H groups in total. The number of amides is 2. The molecule has 3 aromatic carbocycles. The molecule has 0 bridgehead atoms. The number of nitrogens with zero attached hydrogens (tertiary/aromatic N) is 2. The summed E-state index contributed by atoms with van der Waals surface area (Å²) < 4.78 is 20.2. The number of carbonyl (C=O) groups is 3. The third kappa shape index (κ3) is 4.76. The van der Waals surface area contributed by atoms with E-state index >= 15 is 0 Å². The van der Waals surface area contributed by atoms with Crippen LogP contribution in [0, 0.1) is 5.82 Å². The number of methoxy groups -OCH3 is 1. The van der Waals surface area contributed by atoms with Gasteiger partial charge in [0.05, 0.1) is 18.5 Å². The van der Waals surface area contributed by atoms with Crippen LogP contribution in [0.25, 0.3) is 10.8 Å². The van der Waals surface area contributed by atoms with Crippen LogP contribution in [0.1, 0.15) is 28.9 Å². The number of rotatable bonds is 7. The Labute approximate surface area is 239 Å². The average molecular weight is 521 g/mol. The molecule has 1 unspecified atom stereocenters. The summed E-state index contributed by atoms with van der Waals surface area (Å²) in [7, 11) is 1.45. The maximum absolute atomic E-state index is 14.9. The predicted octanol–water partition coefficient (Wildman–Crippen LogP) is 0.220. The van der Waals surface area contributed by atoms with Gasteiger partial charge in [0.1, 0.15) is 22.8 Å². The normalized spacial score (nSPS) is 16.1. The van der Waals surface area contributed by atoms with Gasteiger partial charge in [0.2, 0.25) is 0 Å². The van der Waals surface area contributed by atoms with Crippen LogP contribution in [0.4, 0.5) is 15.8 Å². The number of carbonyl (C=O) groups excluding carboxylic acids is 3. The van der Waals surface area contributed by atoms with Crippen LogP contribution < -0.4 is 49.6 Å². The number of para-hydroxylation sites is 1. The minimum absolute atomic E-state index is 0. The van der Waals surface area contributed by atoms with Crippen molar-refractivity contribution in [2.75, 3.05) is 12.0 Å². The van der Waals surface area contributed by atoms with E-state index in [2.05, 4.69) is 10.3 Å². The number of carboxylic acid groups (broad SMARTS) is 1. The number of aromatic nitrogens is 1. The first-order valence-corrected chi connectivity index (χ1v) is 11.5. The molecular formula is C28H21FN3NaO5. The van der Waals surface area contributed by atoms with Crippen LogP contribution in [0.5, 0.6) is 5.75 Å². The van der Waals surface area contributed by atoms with Crippen molar-refractivity contribution in [3.05, 3.63) is 96.1 Å². The molecule has 0 fully saturated rings. The van der Waals surface area contributed by atoms with E-state index in [9.17, 15) is 23.9 Å². The summed E-state index contributed by atoms with van der Waals surface area (Å²) in [6.07, 6.45) is 0.685. The molecule has 0 aliphatic carbocycles. The Balaban J connectivity index is 0.00000336. The van der Waals surface area contributed by atoms with Crippen LogP contribution in [0.3, 0.4) is 0 Å². The summed E-state index contributed by atoms with van der Waals surface area (Å²) in [5, 5.41) is 15.8. The van der Waals surface area contributed by atoms with E-state index in [1.54, 1.807) is 36.5 Å². The largest absolute Gasteiger partial charge is 1.00 e. The Hall–Kier alpha value is -3.79. The van der Waals surface area contributed by atoms with Gasteiger partial charge in [0, 0.05) is 29.2 Å². The first-order valence-electron chi connectivity index (χ1n) is 11.5. The van der Waals surface area contributed by atoms with E-state index in [1.165, 1.54) is 25.3 Å². The number of ether oxygens (including phenoxy) is 1. The smallest absolute Gasteiger partial charge is 0.550 e. The van der Waals surface area contributed by atoms with Gasteiger partial charge >= 0.3 is 29.6 Å². The first-order chi connectivity index (χ1) is 17.8. The molecule has 1 aromatic heterocycles. The zero-order chi connectivity index (χ0) is 26.2. The molecular weight excluding hydrogens is 500 g/mol. The molecule has 1 aliphatic heterocycles. The fraction of sp³-hybridized carbons (Fsp3) is 0.143. The number of hydrogen-bond acceptors (Lipinski definition) is 6. The van der Waals surface area contributed by atoms with Crippen molar-refractivity contribution in [2.24, 2.45) is 0 Å². The molecule has 5 rings (SSSR count). The summed E-state index contributed by atoms with van der Waals surface area (Å²) in [4.78, 5) is 44.4. The number of halogens is 1. The third-order valence-corrected chi connectivity index (χ3v) is 6.46. The number of anilines is 2. The average Bonchev–Trinajstić information content (AvgIpc) is 3.14. The molecule has 0 saturated carbocycles. The topological polar surface area (TPSA) is 112 Å². The monoisotopic (exact) mass is 521 g/mol. The van der Waals surface area contributed by atoms with Crippen molar-refractivity contribution in [3.8, 4) is 5.75 Å². The summed E-state index contributed by atoms with van der Waals surface area (Å²) >= 11 is 0. The second-order valence-corrected chi connectivity index (χ2v) is 8.62. The van der Waals surface area contributed by atoms with Gasteiger partial charge in [-0.3, -0.25) is 19.5 Å². The molecule has 1 atom stereocenters.